The molecule has 0 amide bonds. The number of carbonyl (C=O) groups is 1. The van der Waals surface area contributed by atoms with E-state index in [1.54, 1.807) is 24.3 Å². The van der Waals surface area contributed by atoms with Gasteiger partial charge in [-0.2, -0.15) is 0 Å². The maximum Gasteiger partial charge on any atom is 0.318 e. The Bertz CT molecular complexity index is 365. The van der Waals surface area contributed by atoms with Crippen LogP contribution < -0.4 is 0 Å². The molecule has 0 aromatic heterocycles. The van der Waals surface area contributed by atoms with Crippen LogP contribution in [0.2, 0.25) is 5.02 Å². The Morgan fingerprint density at radius 2 is 2.29 bits per heavy atom. The summed E-state index contributed by atoms with van der Waals surface area (Å²) in [5.74, 6) is -0.639. The summed E-state index contributed by atoms with van der Waals surface area (Å²) in [6.45, 7) is 0. The topological polar surface area (TPSA) is 43.4 Å². The molecule has 0 saturated carbocycles. The van der Waals surface area contributed by atoms with Gasteiger partial charge >= 0.3 is 5.97 Å². The molecule has 14 heavy (non-hydrogen) atoms. The first kappa shape index (κ1) is 11.2. The predicted octanol–water partition coefficient (Wildman–Crippen LogP) is 1.62. The second-order valence-corrected chi connectivity index (χ2v) is 4.41. The molecule has 0 bridgehead atoms. The molecule has 1 atom stereocenters. The van der Waals surface area contributed by atoms with E-state index in [1.807, 2.05) is 0 Å². The molecule has 1 aromatic carbocycles. The van der Waals surface area contributed by atoms with Crippen LogP contribution >= 0.6 is 11.6 Å². The Labute approximate surface area is 89.5 Å². The van der Waals surface area contributed by atoms with Crippen LogP contribution in [0.25, 0.3) is 0 Å². The quantitative estimate of drug-likeness (QED) is 0.744. The zero-order valence-electron chi connectivity index (χ0n) is 7.53. The van der Waals surface area contributed by atoms with E-state index in [2.05, 4.69) is 4.74 Å². The fourth-order valence-electron chi connectivity index (χ4n) is 0.858. The highest BCUT2D eigenvalue weighted by Crippen LogP contribution is 2.14. The second kappa shape index (κ2) is 5.12. The Morgan fingerprint density at radius 3 is 2.86 bits per heavy atom. The molecule has 5 heteroatoms. The number of esters is 1. The summed E-state index contributed by atoms with van der Waals surface area (Å²) in [5, 5.41) is 0.501. The molecule has 76 valence electrons. The van der Waals surface area contributed by atoms with Crippen LogP contribution in [-0.2, 0) is 20.3 Å². The molecule has 1 rings (SSSR count). The lowest BCUT2D eigenvalue weighted by Gasteiger charge is -2.00. The summed E-state index contributed by atoms with van der Waals surface area (Å²) in [6.07, 6.45) is 0. The minimum atomic E-state index is -1.38. The predicted molar refractivity (Wildman–Crippen MR) is 54.7 cm³/mol. The largest absolute Gasteiger partial charge is 0.468 e. The standard InChI is InChI=1S/C9H9ClO3S/c1-13-9(11)6-14(12)8-4-2-3-7(10)5-8/h2-5H,6H2,1H3/t14-/m1/s1. The molecule has 0 radical (unpaired) electrons. The van der Waals surface area contributed by atoms with Crippen molar-refractivity contribution in [1.82, 2.24) is 0 Å². The smallest absolute Gasteiger partial charge is 0.318 e. The van der Waals surface area contributed by atoms with Gasteiger partial charge in [0.2, 0.25) is 0 Å². The lowest BCUT2D eigenvalue weighted by molar-refractivity contribution is -0.137. The number of benzene rings is 1. The van der Waals surface area contributed by atoms with Gasteiger partial charge in [-0.1, -0.05) is 17.7 Å². The fourth-order valence-corrected chi connectivity index (χ4v) is 2.10. The van der Waals surface area contributed by atoms with Crippen LogP contribution in [0, 0.1) is 0 Å². The zero-order valence-corrected chi connectivity index (χ0v) is 9.10. The number of carbonyl (C=O) groups excluding carboxylic acids is 1. The molecule has 0 aliphatic carbocycles. The molecule has 0 fully saturated rings. The summed E-state index contributed by atoms with van der Waals surface area (Å²) in [5.41, 5.74) is 0. The van der Waals surface area contributed by atoms with Crippen LogP contribution in [0.5, 0.6) is 0 Å². The van der Waals surface area contributed by atoms with Crippen molar-refractivity contribution in [2.45, 2.75) is 4.90 Å². The summed E-state index contributed by atoms with van der Waals surface area (Å²) in [7, 11) is -0.121. The molecule has 1 aromatic rings. The van der Waals surface area contributed by atoms with E-state index in [0.717, 1.165) is 0 Å². The number of hydrogen-bond acceptors (Lipinski definition) is 3. The lowest BCUT2D eigenvalue weighted by Crippen LogP contribution is -2.11. The van der Waals surface area contributed by atoms with E-state index in [1.165, 1.54) is 7.11 Å². The minimum Gasteiger partial charge on any atom is -0.468 e. The molecule has 0 unspecified atom stereocenters. The van der Waals surface area contributed by atoms with Crippen LogP contribution in [-0.4, -0.2) is 23.0 Å². The first-order chi connectivity index (χ1) is 6.63. The zero-order chi connectivity index (χ0) is 10.6. The monoisotopic (exact) mass is 232 g/mol. The molecular formula is C9H9ClO3S. The van der Waals surface area contributed by atoms with Crippen LogP contribution in [0.15, 0.2) is 29.2 Å². The fraction of sp³-hybridized carbons (Fsp3) is 0.222. The van der Waals surface area contributed by atoms with Crippen molar-refractivity contribution in [2.75, 3.05) is 12.9 Å². The highest BCUT2D eigenvalue weighted by atomic mass is 35.5. The van der Waals surface area contributed by atoms with Crippen molar-refractivity contribution in [2.24, 2.45) is 0 Å². The first-order valence-electron chi connectivity index (χ1n) is 3.84. The van der Waals surface area contributed by atoms with Gasteiger partial charge in [-0.05, 0) is 18.2 Å². The van der Waals surface area contributed by atoms with Gasteiger partial charge in [-0.25, -0.2) is 0 Å². The SMILES string of the molecule is COC(=O)C[S@@](=O)c1cccc(Cl)c1. The highest BCUT2D eigenvalue weighted by Gasteiger charge is 2.10. The van der Waals surface area contributed by atoms with Crippen molar-refractivity contribution in [3.05, 3.63) is 29.3 Å². The minimum absolute atomic E-state index is 0.142. The average molecular weight is 233 g/mol. The van der Waals surface area contributed by atoms with E-state index < -0.39 is 16.8 Å². The van der Waals surface area contributed by atoms with Crippen LogP contribution in [0.3, 0.4) is 0 Å². The maximum absolute atomic E-state index is 11.5. The van der Waals surface area contributed by atoms with Gasteiger partial charge in [0.1, 0.15) is 5.75 Å². The molecule has 0 N–H and O–H groups in total. The Balaban J connectivity index is 2.75. The van der Waals surface area contributed by atoms with Crippen molar-refractivity contribution in [1.29, 1.82) is 0 Å². The van der Waals surface area contributed by atoms with E-state index in [9.17, 15) is 9.00 Å². The van der Waals surface area contributed by atoms with Gasteiger partial charge in [0, 0.05) is 9.92 Å². The maximum atomic E-state index is 11.5. The summed E-state index contributed by atoms with van der Waals surface area (Å²) in [6, 6.07) is 6.60. The molecule has 3 nitrogen and oxygen atoms in total. The third-order valence-electron chi connectivity index (χ3n) is 1.54. The van der Waals surface area contributed by atoms with Crippen molar-refractivity contribution < 1.29 is 13.7 Å². The van der Waals surface area contributed by atoms with E-state index in [4.69, 9.17) is 11.6 Å². The molecule has 0 aliphatic heterocycles. The van der Waals surface area contributed by atoms with Gasteiger partial charge in [0.15, 0.2) is 0 Å². The van der Waals surface area contributed by atoms with Crippen molar-refractivity contribution in [3.8, 4) is 0 Å². The Hall–Kier alpha value is -0.870. The van der Waals surface area contributed by atoms with Crippen molar-refractivity contribution in [3.63, 3.8) is 0 Å². The normalized spacial score (nSPS) is 12.1. The van der Waals surface area contributed by atoms with Crippen LogP contribution in [0.1, 0.15) is 0 Å². The molecule has 0 spiro atoms. The van der Waals surface area contributed by atoms with E-state index >= 15 is 0 Å². The second-order valence-electron chi connectivity index (χ2n) is 2.52. The third kappa shape index (κ3) is 3.12. The number of methoxy groups -OCH3 is 1. The molecule has 0 saturated heterocycles. The number of hydrogen-bond donors (Lipinski definition) is 0. The van der Waals surface area contributed by atoms with Crippen molar-refractivity contribution >= 4 is 28.4 Å². The number of ether oxygens (including phenoxy) is 1. The Kier molecular flexibility index (Phi) is 4.10. The summed E-state index contributed by atoms with van der Waals surface area (Å²) < 4.78 is 15.9. The average Bonchev–Trinajstić information content (AvgIpc) is 2.17. The van der Waals surface area contributed by atoms with E-state index in [0.29, 0.717) is 9.92 Å². The molecule has 0 aliphatic rings. The summed E-state index contributed by atoms with van der Waals surface area (Å²) in [4.78, 5) is 11.4. The third-order valence-corrected chi connectivity index (χ3v) is 3.05. The summed E-state index contributed by atoms with van der Waals surface area (Å²) >= 11 is 5.71. The van der Waals surface area contributed by atoms with E-state index in [-0.39, 0.29) is 5.75 Å². The first-order valence-corrected chi connectivity index (χ1v) is 5.54. The number of rotatable bonds is 3. The van der Waals surface area contributed by atoms with Gasteiger partial charge in [-0.15, -0.1) is 0 Å². The molecule has 0 heterocycles. The highest BCUT2D eigenvalue weighted by molar-refractivity contribution is 7.85. The Morgan fingerprint density at radius 1 is 1.57 bits per heavy atom. The van der Waals surface area contributed by atoms with Gasteiger partial charge < -0.3 is 4.74 Å². The van der Waals surface area contributed by atoms with Gasteiger partial charge in [0.25, 0.3) is 0 Å². The lowest BCUT2D eigenvalue weighted by atomic mass is 10.4. The molecular weight excluding hydrogens is 224 g/mol. The van der Waals surface area contributed by atoms with Crippen LogP contribution in [0.4, 0.5) is 0 Å². The van der Waals surface area contributed by atoms with Gasteiger partial charge in [0.05, 0.1) is 17.9 Å². The number of halogens is 1. The van der Waals surface area contributed by atoms with Gasteiger partial charge in [-0.3, -0.25) is 9.00 Å².